The molecule has 0 nitrogen and oxygen atoms in total. The van der Waals surface area contributed by atoms with Crippen molar-refractivity contribution in [2.75, 3.05) is 0 Å². The molecule has 0 heteroatoms. The molecule has 7 aromatic rings. The third-order valence-corrected chi connectivity index (χ3v) is 8.31. The van der Waals surface area contributed by atoms with Crippen molar-refractivity contribution in [3.8, 4) is 44.5 Å². The second kappa shape index (κ2) is 8.82. The van der Waals surface area contributed by atoms with Crippen LogP contribution in [0.25, 0.3) is 66.1 Å². The first kappa shape index (κ1) is 22.1. The normalized spacial score (nSPS) is 12.0. The molecule has 0 amide bonds. The average molecular weight is 495 g/mol. The van der Waals surface area contributed by atoms with Gasteiger partial charge in [0.25, 0.3) is 0 Å². The molecule has 0 heterocycles. The van der Waals surface area contributed by atoms with Crippen molar-refractivity contribution in [1.29, 1.82) is 0 Å². The van der Waals surface area contributed by atoms with Crippen LogP contribution in [0, 0.1) is 0 Å². The smallest absolute Gasteiger partial charge is 0.000728 e. The van der Waals surface area contributed by atoms with E-state index in [0.29, 0.717) is 0 Å². The summed E-state index contributed by atoms with van der Waals surface area (Å²) in [6.07, 6.45) is 0.977. The molecule has 0 aliphatic heterocycles. The fraction of sp³-hybridized carbons (Fsp3) is 0.0256. The molecule has 0 N–H and O–H groups in total. The molecule has 0 unspecified atom stereocenters. The minimum atomic E-state index is 0.977. The van der Waals surface area contributed by atoms with E-state index in [9.17, 15) is 0 Å². The highest BCUT2D eigenvalue weighted by molar-refractivity contribution is 6.21. The second-order valence-electron chi connectivity index (χ2n) is 10.5. The topological polar surface area (TPSA) is 0 Å². The summed E-state index contributed by atoms with van der Waals surface area (Å²) in [5.41, 5.74) is 13.4. The Labute approximate surface area is 228 Å². The lowest BCUT2D eigenvalue weighted by atomic mass is 9.85. The first-order valence-electron chi connectivity index (χ1n) is 13.7. The van der Waals surface area contributed by atoms with Crippen LogP contribution in [0.15, 0.2) is 146 Å². The summed E-state index contributed by atoms with van der Waals surface area (Å²) in [5.74, 6) is 0. The van der Waals surface area contributed by atoms with Gasteiger partial charge in [0, 0.05) is 0 Å². The predicted octanol–water partition coefficient (Wildman–Crippen LogP) is 10.6. The molecule has 1 aliphatic carbocycles. The number of fused-ring (bicyclic) bond motifs is 5. The fourth-order valence-corrected chi connectivity index (χ4v) is 6.60. The van der Waals surface area contributed by atoms with Gasteiger partial charge in [-0.15, -0.1) is 0 Å². The molecule has 8 rings (SSSR count). The molecule has 182 valence electrons. The van der Waals surface area contributed by atoms with Crippen molar-refractivity contribution in [3.05, 3.63) is 157 Å². The van der Waals surface area contributed by atoms with Gasteiger partial charge in [0.05, 0.1) is 0 Å². The van der Waals surface area contributed by atoms with Crippen LogP contribution in [0.5, 0.6) is 0 Å². The van der Waals surface area contributed by atoms with Gasteiger partial charge in [0.1, 0.15) is 0 Å². The van der Waals surface area contributed by atoms with E-state index in [2.05, 4.69) is 146 Å². The Hall–Kier alpha value is -4.94. The van der Waals surface area contributed by atoms with E-state index in [1.807, 2.05) is 0 Å². The molecule has 0 spiro atoms. The Morgan fingerprint density at radius 3 is 1.46 bits per heavy atom. The number of hydrogen-bond donors (Lipinski definition) is 0. The lowest BCUT2D eigenvalue weighted by Crippen LogP contribution is -1.91. The van der Waals surface area contributed by atoms with Gasteiger partial charge in [0.2, 0.25) is 0 Å². The molecule has 0 fully saturated rings. The SMILES string of the molecule is c1ccc(-c2cccc3c2Cc2ccc(-c4c5ccccc5c(-c5ccccc5)c5ccccc45)cc2-3)cc1. The Morgan fingerprint density at radius 2 is 0.846 bits per heavy atom. The molecule has 0 radical (unpaired) electrons. The molecule has 0 bridgehead atoms. The lowest BCUT2D eigenvalue weighted by molar-refractivity contribution is 1.26. The van der Waals surface area contributed by atoms with Gasteiger partial charge in [-0.25, -0.2) is 0 Å². The van der Waals surface area contributed by atoms with Crippen molar-refractivity contribution < 1.29 is 0 Å². The zero-order valence-electron chi connectivity index (χ0n) is 21.6. The van der Waals surface area contributed by atoms with Gasteiger partial charge >= 0.3 is 0 Å². The summed E-state index contributed by atoms with van der Waals surface area (Å²) in [4.78, 5) is 0. The summed E-state index contributed by atoms with van der Waals surface area (Å²) < 4.78 is 0. The van der Waals surface area contributed by atoms with E-state index in [4.69, 9.17) is 0 Å². The maximum Gasteiger partial charge on any atom is -0.000728 e. The first-order valence-corrected chi connectivity index (χ1v) is 13.7. The van der Waals surface area contributed by atoms with Crippen LogP contribution in [-0.2, 0) is 6.42 Å². The summed E-state index contributed by atoms with van der Waals surface area (Å²) in [6, 6.07) is 53.3. The predicted molar refractivity (Wildman–Crippen MR) is 166 cm³/mol. The minimum Gasteiger partial charge on any atom is -0.0622 e. The maximum atomic E-state index is 2.44. The van der Waals surface area contributed by atoms with Crippen LogP contribution < -0.4 is 0 Å². The van der Waals surface area contributed by atoms with Crippen molar-refractivity contribution >= 4 is 21.5 Å². The molecule has 0 saturated heterocycles. The molecule has 39 heavy (non-hydrogen) atoms. The van der Waals surface area contributed by atoms with E-state index in [1.54, 1.807) is 0 Å². The molecule has 0 atom stereocenters. The van der Waals surface area contributed by atoms with Crippen molar-refractivity contribution in [1.82, 2.24) is 0 Å². The molecule has 7 aromatic carbocycles. The third-order valence-electron chi connectivity index (χ3n) is 8.31. The van der Waals surface area contributed by atoms with Crippen molar-refractivity contribution in [2.45, 2.75) is 6.42 Å². The summed E-state index contributed by atoms with van der Waals surface area (Å²) in [7, 11) is 0. The third kappa shape index (κ3) is 3.46. The monoisotopic (exact) mass is 494 g/mol. The standard InChI is InChI=1S/C39H26/c1-3-12-26(13-4-1)30-20-11-21-31-36-25-29(23-22-28(36)24-37(30)31)39-34-18-9-7-16-32(34)38(27-14-5-2-6-15-27)33-17-8-10-19-35(33)39/h1-23,25H,24H2. The highest BCUT2D eigenvalue weighted by Crippen LogP contribution is 2.47. The minimum absolute atomic E-state index is 0.977. The van der Waals surface area contributed by atoms with Crippen LogP contribution in [0.1, 0.15) is 11.1 Å². The lowest BCUT2D eigenvalue weighted by Gasteiger charge is -2.18. The summed E-state index contributed by atoms with van der Waals surface area (Å²) in [5, 5.41) is 5.19. The van der Waals surface area contributed by atoms with Crippen molar-refractivity contribution in [3.63, 3.8) is 0 Å². The maximum absolute atomic E-state index is 2.44. The molecule has 0 aromatic heterocycles. The summed E-state index contributed by atoms with van der Waals surface area (Å²) in [6.45, 7) is 0. The number of benzene rings is 7. The Bertz CT molecular complexity index is 1960. The van der Waals surface area contributed by atoms with Crippen LogP contribution in [0.4, 0.5) is 0 Å². The highest BCUT2D eigenvalue weighted by Gasteiger charge is 2.23. The number of rotatable bonds is 3. The van der Waals surface area contributed by atoms with E-state index in [0.717, 1.165) is 6.42 Å². The highest BCUT2D eigenvalue weighted by atomic mass is 14.3. The van der Waals surface area contributed by atoms with Gasteiger partial charge in [0.15, 0.2) is 0 Å². The first-order chi connectivity index (χ1) is 19.4. The van der Waals surface area contributed by atoms with Crippen LogP contribution in [0.3, 0.4) is 0 Å². The Balaban J connectivity index is 1.39. The van der Waals surface area contributed by atoms with Gasteiger partial charge in [-0.1, -0.05) is 140 Å². The molecule has 0 saturated carbocycles. The summed E-state index contributed by atoms with van der Waals surface area (Å²) >= 11 is 0. The average Bonchev–Trinajstić information content (AvgIpc) is 3.39. The Morgan fingerprint density at radius 1 is 0.333 bits per heavy atom. The fourth-order valence-electron chi connectivity index (χ4n) is 6.60. The van der Waals surface area contributed by atoms with E-state index >= 15 is 0 Å². The van der Waals surface area contributed by atoms with E-state index in [-0.39, 0.29) is 0 Å². The largest absolute Gasteiger partial charge is 0.0622 e. The molecular weight excluding hydrogens is 468 g/mol. The zero-order valence-corrected chi connectivity index (χ0v) is 21.6. The molecular formula is C39H26. The number of hydrogen-bond acceptors (Lipinski definition) is 0. The van der Waals surface area contributed by atoms with E-state index in [1.165, 1.54) is 77.2 Å². The van der Waals surface area contributed by atoms with Crippen LogP contribution in [-0.4, -0.2) is 0 Å². The van der Waals surface area contributed by atoms with Gasteiger partial charge in [-0.2, -0.15) is 0 Å². The van der Waals surface area contributed by atoms with Crippen LogP contribution in [0.2, 0.25) is 0 Å². The Kier molecular flexibility index (Phi) is 5.00. The quantitative estimate of drug-likeness (QED) is 0.214. The zero-order chi connectivity index (χ0) is 25.8. The van der Waals surface area contributed by atoms with E-state index < -0.39 is 0 Å². The van der Waals surface area contributed by atoms with Gasteiger partial charge in [-0.3, -0.25) is 0 Å². The second-order valence-corrected chi connectivity index (χ2v) is 10.5. The van der Waals surface area contributed by atoms with Gasteiger partial charge < -0.3 is 0 Å². The van der Waals surface area contributed by atoms with Crippen LogP contribution >= 0.6 is 0 Å². The molecule has 1 aliphatic rings. The van der Waals surface area contributed by atoms with Gasteiger partial charge in [-0.05, 0) is 89.7 Å². The van der Waals surface area contributed by atoms with Crippen molar-refractivity contribution in [2.24, 2.45) is 0 Å².